The van der Waals surface area contributed by atoms with E-state index in [0.29, 0.717) is 11.1 Å². The monoisotopic (exact) mass is 292 g/mol. The van der Waals surface area contributed by atoms with E-state index < -0.39 is 5.60 Å². The summed E-state index contributed by atoms with van der Waals surface area (Å²) in [5.74, 6) is 4.97. The molecule has 0 aromatic heterocycles. The van der Waals surface area contributed by atoms with Crippen molar-refractivity contribution in [3.05, 3.63) is 35.1 Å². The summed E-state index contributed by atoms with van der Waals surface area (Å²) in [6.45, 7) is 3.99. The van der Waals surface area contributed by atoms with Gasteiger partial charge in [-0.25, -0.2) is 4.39 Å². The van der Waals surface area contributed by atoms with E-state index >= 15 is 0 Å². The van der Waals surface area contributed by atoms with Gasteiger partial charge in [-0.3, -0.25) is 4.79 Å². The molecule has 0 heterocycles. The Hall–Kier alpha value is -1.90. The maximum atomic E-state index is 13.7. The molecular weight excluding hydrogens is 271 g/mol. The second kappa shape index (κ2) is 7.77. The van der Waals surface area contributed by atoms with Gasteiger partial charge in [-0.2, -0.15) is 0 Å². The first-order chi connectivity index (χ1) is 9.88. The van der Waals surface area contributed by atoms with E-state index in [-0.39, 0.29) is 31.2 Å². The molecule has 0 aliphatic rings. The van der Waals surface area contributed by atoms with Crippen molar-refractivity contribution in [2.75, 3.05) is 13.7 Å². The molecule has 4 nitrogen and oxygen atoms in total. The van der Waals surface area contributed by atoms with Crippen molar-refractivity contribution in [2.45, 2.75) is 32.4 Å². The lowest BCUT2D eigenvalue weighted by Gasteiger charge is -2.21. The quantitative estimate of drug-likeness (QED) is 0.810. The summed E-state index contributed by atoms with van der Waals surface area (Å²) in [6.07, 6.45) is 0.206. The van der Waals surface area contributed by atoms with E-state index in [1.54, 1.807) is 19.2 Å². The van der Waals surface area contributed by atoms with Crippen LogP contribution in [0.4, 0.5) is 4.39 Å². The van der Waals surface area contributed by atoms with Crippen LogP contribution in [-0.2, 0) is 16.1 Å². The highest BCUT2D eigenvalue weighted by atomic mass is 19.1. The lowest BCUT2D eigenvalue weighted by molar-refractivity contribution is -0.126. The van der Waals surface area contributed by atoms with Crippen LogP contribution in [0.1, 0.15) is 31.4 Å². The molecule has 114 valence electrons. The maximum absolute atomic E-state index is 13.7. The number of ether oxygens (including phenoxy) is 1. The third-order valence-corrected chi connectivity index (χ3v) is 3.00. The van der Waals surface area contributed by atoms with Gasteiger partial charge in [0.15, 0.2) is 0 Å². The van der Waals surface area contributed by atoms with Gasteiger partial charge in [-0.15, -0.1) is 0 Å². The van der Waals surface area contributed by atoms with Gasteiger partial charge >= 0.3 is 0 Å². The summed E-state index contributed by atoms with van der Waals surface area (Å²) in [5.41, 5.74) is 5.81. The molecule has 3 N–H and O–H groups in total. The van der Waals surface area contributed by atoms with Gasteiger partial charge in [0.25, 0.3) is 0 Å². The SMILES string of the molecule is COC(C)(C)CC(=O)NCc1cc(C#CCN)ccc1F. The maximum Gasteiger partial charge on any atom is 0.223 e. The molecule has 1 rings (SSSR count). The fraction of sp³-hybridized carbons (Fsp3) is 0.438. The zero-order valence-corrected chi connectivity index (χ0v) is 12.6. The normalized spacial score (nSPS) is 10.7. The molecule has 0 unspecified atom stereocenters. The number of carbonyl (C=O) groups is 1. The van der Waals surface area contributed by atoms with Gasteiger partial charge in [0.05, 0.1) is 18.6 Å². The fourth-order valence-electron chi connectivity index (χ4n) is 1.66. The molecule has 21 heavy (non-hydrogen) atoms. The van der Waals surface area contributed by atoms with Gasteiger partial charge < -0.3 is 15.8 Å². The molecule has 0 atom stereocenters. The molecule has 0 saturated heterocycles. The molecule has 1 aromatic carbocycles. The summed E-state index contributed by atoms with van der Waals surface area (Å²) >= 11 is 0. The molecule has 0 fully saturated rings. The second-order valence-corrected chi connectivity index (χ2v) is 5.23. The lowest BCUT2D eigenvalue weighted by atomic mass is 10.0. The van der Waals surface area contributed by atoms with E-state index in [2.05, 4.69) is 17.2 Å². The van der Waals surface area contributed by atoms with E-state index in [1.807, 2.05) is 13.8 Å². The number of amides is 1. The molecule has 0 radical (unpaired) electrons. The Morgan fingerprint density at radius 1 is 1.48 bits per heavy atom. The van der Waals surface area contributed by atoms with Crippen LogP contribution in [0.15, 0.2) is 18.2 Å². The molecule has 1 aromatic rings. The Kier molecular flexibility index (Phi) is 6.35. The number of carbonyl (C=O) groups excluding carboxylic acids is 1. The Balaban J connectivity index is 2.68. The van der Waals surface area contributed by atoms with Crippen molar-refractivity contribution in [3.8, 4) is 11.8 Å². The standard InChI is InChI=1S/C16H21FN2O2/c1-16(2,21-3)10-15(20)19-11-13-9-12(5-4-8-18)6-7-14(13)17/h6-7,9H,8,10-11,18H2,1-3H3,(H,19,20). The zero-order valence-electron chi connectivity index (χ0n) is 12.6. The number of hydrogen-bond donors (Lipinski definition) is 2. The van der Waals surface area contributed by atoms with Crippen LogP contribution in [0.25, 0.3) is 0 Å². The Morgan fingerprint density at radius 2 is 2.19 bits per heavy atom. The van der Waals surface area contributed by atoms with Crippen molar-refractivity contribution in [3.63, 3.8) is 0 Å². The van der Waals surface area contributed by atoms with E-state index in [9.17, 15) is 9.18 Å². The Labute approximate surface area is 124 Å². The minimum atomic E-state index is -0.545. The summed E-state index contributed by atoms with van der Waals surface area (Å²) in [5, 5.41) is 2.68. The van der Waals surface area contributed by atoms with Crippen molar-refractivity contribution in [2.24, 2.45) is 5.73 Å². The van der Waals surface area contributed by atoms with Gasteiger partial charge in [-0.05, 0) is 32.0 Å². The largest absolute Gasteiger partial charge is 0.378 e. The third kappa shape index (κ3) is 5.94. The smallest absolute Gasteiger partial charge is 0.223 e. The van der Waals surface area contributed by atoms with Gasteiger partial charge in [0.1, 0.15) is 5.82 Å². The zero-order chi connectivity index (χ0) is 15.9. The number of rotatable bonds is 5. The fourth-order valence-corrected chi connectivity index (χ4v) is 1.66. The molecule has 1 amide bonds. The molecular formula is C16H21FN2O2. The van der Waals surface area contributed by atoms with Crippen LogP contribution in [0.2, 0.25) is 0 Å². The highest BCUT2D eigenvalue weighted by Gasteiger charge is 2.20. The number of hydrogen-bond acceptors (Lipinski definition) is 3. The first-order valence-electron chi connectivity index (χ1n) is 6.67. The third-order valence-electron chi connectivity index (χ3n) is 3.00. The number of methoxy groups -OCH3 is 1. The summed E-state index contributed by atoms with van der Waals surface area (Å²) in [4.78, 5) is 11.8. The van der Waals surface area contributed by atoms with E-state index in [0.717, 1.165) is 0 Å². The second-order valence-electron chi connectivity index (χ2n) is 5.23. The van der Waals surface area contributed by atoms with Crippen molar-refractivity contribution in [1.82, 2.24) is 5.32 Å². The first kappa shape index (κ1) is 17.2. The summed E-state index contributed by atoms with van der Waals surface area (Å²) in [7, 11) is 1.55. The van der Waals surface area contributed by atoms with Crippen LogP contribution in [-0.4, -0.2) is 25.2 Å². The van der Waals surface area contributed by atoms with Crippen LogP contribution in [0.5, 0.6) is 0 Å². The molecule has 5 heteroatoms. The van der Waals surface area contributed by atoms with Crippen LogP contribution in [0.3, 0.4) is 0 Å². The topological polar surface area (TPSA) is 64.3 Å². The van der Waals surface area contributed by atoms with Crippen molar-refractivity contribution >= 4 is 5.91 Å². The number of nitrogens with one attached hydrogen (secondary N) is 1. The Morgan fingerprint density at radius 3 is 2.81 bits per heavy atom. The number of nitrogens with two attached hydrogens (primary N) is 1. The minimum absolute atomic E-state index is 0.114. The number of halogens is 1. The lowest BCUT2D eigenvalue weighted by Crippen LogP contribution is -2.33. The van der Waals surface area contributed by atoms with Crippen LogP contribution in [0, 0.1) is 17.7 Å². The molecule has 0 spiro atoms. The van der Waals surface area contributed by atoms with Crippen molar-refractivity contribution < 1.29 is 13.9 Å². The highest BCUT2D eigenvalue weighted by Crippen LogP contribution is 2.13. The predicted octanol–water partition coefficient (Wildman–Crippen LogP) is 1.57. The first-order valence-corrected chi connectivity index (χ1v) is 6.67. The van der Waals surface area contributed by atoms with Crippen molar-refractivity contribution in [1.29, 1.82) is 0 Å². The number of benzene rings is 1. The Bertz CT molecular complexity index is 559. The molecule has 0 saturated carbocycles. The van der Waals surface area contributed by atoms with Gasteiger partial charge in [0.2, 0.25) is 5.91 Å². The van der Waals surface area contributed by atoms with Crippen LogP contribution < -0.4 is 11.1 Å². The average Bonchev–Trinajstić information content (AvgIpc) is 2.44. The predicted molar refractivity (Wildman–Crippen MR) is 79.9 cm³/mol. The highest BCUT2D eigenvalue weighted by molar-refractivity contribution is 5.76. The van der Waals surface area contributed by atoms with Crippen LogP contribution >= 0.6 is 0 Å². The molecule has 0 bridgehead atoms. The summed E-state index contributed by atoms with van der Waals surface area (Å²) in [6, 6.07) is 4.53. The average molecular weight is 292 g/mol. The molecule has 0 aliphatic heterocycles. The van der Waals surface area contributed by atoms with E-state index in [4.69, 9.17) is 10.5 Å². The molecule has 0 aliphatic carbocycles. The van der Waals surface area contributed by atoms with E-state index in [1.165, 1.54) is 6.07 Å². The minimum Gasteiger partial charge on any atom is -0.378 e. The summed E-state index contributed by atoms with van der Waals surface area (Å²) < 4.78 is 18.9. The van der Waals surface area contributed by atoms with Gasteiger partial charge in [0, 0.05) is 24.8 Å². The van der Waals surface area contributed by atoms with Gasteiger partial charge in [-0.1, -0.05) is 11.8 Å².